The molecule has 4 nitrogen and oxygen atoms in total. The van der Waals surface area contributed by atoms with E-state index in [9.17, 15) is 9.90 Å². The molecule has 1 aliphatic rings. The molecule has 2 aromatic rings. The van der Waals surface area contributed by atoms with E-state index in [0.717, 1.165) is 42.4 Å². The maximum absolute atomic E-state index is 11.8. The minimum absolute atomic E-state index is 0.602. The van der Waals surface area contributed by atoms with Crippen LogP contribution in [-0.2, 0) is 4.79 Å². The summed E-state index contributed by atoms with van der Waals surface area (Å²) in [4.78, 5) is 17.1. The normalized spacial score (nSPS) is 18.5. The number of H-pyrrole nitrogens is 1. The van der Waals surface area contributed by atoms with Crippen molar-refractivity contribution < 1.29 is 9.90 Å². The van der Waals surface area contributed by atoms with E-state index < -0.39 is 12.0 Å². The summed E-state index contributed by atoms with van der Waals surface area (Å²) in [5.74, 6) is -0.794. The first-order valence-corrected chi connectivity index (χ1v) is 7.78. The van der Waals surface area contributed by atoms with Gasteiger partial charge in [-0.1, -0.05) is 24.4 Å². The van der Waals surface area contributed by atoms with Crippen LogP contribution in [0.4, 0.5) is 0 Å². The molecule has 2 N–H and O–H groups in total. The average molecular weight is 307 g/mol. The lowest BCUT2D eigenvalue weighted by molar-refractivity contribution is -0.143. The topological polar surface area (TPSA) is 56.3 Å². The van der Waals surface area contributed by atoms with E-state index >= 15 is 0 Å². The van der Waals surface area contributed by atoms with Crippen LogP contribution < -0.4 is 0 Å². The van der Waals surface area contributed by atoms with Crippen LogP contribution in [0.5, 0.6) is 0 Å². The van der Waals surface area contributed by atoms with Gasteiger partial charge in [0.05, 0.1) is 0 Å². The predicted molar refractivity (Wildman–Crippen MR) is 83.7 cm³/mol. The highest BCUT2D eigenvalue weighted by Gasteiger charge is 2.29. The lowest BCUT2D eigenvalue weighted by atomic mass is 10.0. The number of carbonyl (C=O) groups is 1. The van der Waals surface area contributed by atoms with Crippen LogP contribution in [0.25, 0.3) is 10.9 Å². The molecule has 0 radical (unpaired) electrons. The van der Waals surface area contributed by atoms with Gasteiger partial charge in [-0.25, -0.2) is 0 Å². The van der Waals surface area contributed by atoms with E-state index in [-0.39, 0.29) is 0 Å². The van der Waals surface area contributed by atoms with Crippen molar-refractivity contribution in [1.29, 1.82) is 0 Å². The summed E-state index contributed by atoms with van der Waals surface area (Å²) in [7, 11) is 0. The molecule has 1 saturated heterocycles. The minimum Gasteiger partial charge on any atom is -0.480 e. The molecule has 0 saturated carbocycles. The third-order valence-electron chi connectivity index (χ3n) is 4.21. The van der Waals surface area contributed by atoms with E-state index in [2.05, 4.69) is 9.88 Å². The van der Waals surface area contributed by atoms with Crippen molar-refractivity contribution in [3.63, 3.8) is 0 Å². The molecule has 1 atom stereocenters. The first-order valence-electron chi connectivity index (χ1n) is 7.40. The molecule has 0 aliphatic carbocycles. The second-order valence-electron chi connectivity index (χ2n) is 5.62. The highest BCUT2D eigenvalue weighted by molar-refractivity contribution is 6.31. The van der Waals surface area contributed by atoms with Gasteiger partial charge in [0, 0.05) is 27.7 Å². The number of aliphatic carboxylic acids is 1. The number of aromatic nitrogens is 1. The first-order chi connectivity index (χ1) is 10.2. The third kappa shape index (κ3) is 2.92. The van der Waals surface area contributed by atoms with Gasteiger partial charge in [0.1, 0.15) is 6.04 Å². The number of halogens is 1. The predicted octanol–water partition coefficient (Wildman–Crippen LogP) is 3.82. The SMILES string of the molecule is O=C(O)C(c1c[nH]c2ccc(Cl)cc12)N1CCCCCC1. The highest BCUT2D eigenvalue weighted by atomic mass is 35.5. The largest absolute Gasteiger partial charge is 0.480 e. The zero-order chi connectivity index (χ0) is 14.8. The smallest absolute Gasteiger partial charge is 0.325 e. The molecule has 112 valence electrons. The number of hydrogen-bond acceptors (Lipinski definition) is 2. The number of rotatable bonds is 3. The number of nitrogens with zero attached hydrogens (tertiary/aromatic N) is 1. The molecule has 1 aromatic carbocycles. The summed E-state index contributed by atoms with van der Waals surface area (Å²) in [5.41, 5.74) is 1.73. The van der Waals surface area contributed by atoms with Gasteiger partial charge >= 0.3 is 5.97 Å². The molecule has 5 heteroatoms. The summed E-state index contributed by atoms with van der Waals surface area (Å²) in [6.45, 7) is 1.68. The van der Waals surface area contributed by atoms with Crippen molar-refractivity contribution in [3.8, 4) is 0 Å². The molecular weight excluding hydrogens is 288 g/mol. The van der Waals surface area contributed by atoms with E-state index in [1.807, 2.05) is 24.4 Å². The second-order valence-corrected chi connectivity index (χ2v) is 6.06. The Bertz CT molecular complexity index is 645. The Hall–Kier alpha value is -1.52. The lowest BCUT2D eigenvalue weighted by Crippen LogP contribution is -2.34. The quantitative estimate of drug-likeness (QED) is 0.906. The summed E-state index contributed by atoms with van der Waals surface area (Å²) < 4.78 is 0. The third-order valence-corrected chi connectivity index (χ3v) is 4.45. The van der Waals surface area contributed by atoms with Gasteiger partial charge < -0.3 is 10.1 Å². The van der Waals surface area contributed by atoms with Crippen LogP contribution in [-0.4, -0.2) is 34.0 Å². The number of likely N-dealkylation sites (tertiary alicyclic amines) is 1. The fourth-order valence-corrected chi connectivity index (χ4v) is 3.35. The maximum atomic E-state index is 11.8. The standard InChI is InChI=1S/C16H19ClN2O2/c17-11-5-6-14-12(9-11)13(10-18-14)15(16(20)21)19-7-3-1-2-4-8-19/h5-6,9-10,15,18H,1-4,7-8H2,(H,20,21). The van der Waals surface area contributed by atoms with E-state index in [0.29, 0.717) is 5.02 Å². The van der Waals surface area contributed by atoms with Gasteiger partial charge in [-0.3, -0.25) is 9.69 Å². The highest BCUT2D eigenvalue weighted by Crippen LogP contribution is 2.31. The van der Waals surface area contributed by atoms with Gasteiger partial charge in [0.2, 0.25) is 0 Å². The number of benzene rings is 1. The maximum Gasteiger partial charge on any atom is 0.325 e. The van der Waals surface area contributed by atoms with Gasteiger partial charge in [0.15, 0.2) is 0 Å². The van der Waals surface area contributed by atoms with Crippen molar-refractivity contribution in [2.45, 2.75) is 31.7 Å². The zero-order valence-electron chi connectivity index (χ0n) is 11.8. The Morgan fingerprint density at radius 2 is 1.95 bits per heavy atom. The molecule has 21 heavy (non-hydrogen) atoms. The fourth-order valence-electron chi connectivity index (χ4n) is 3.18. The van der Waals surface area contributed by atoms with Gasteiger partial charge in [-0.15, -0.1) is 0 Å². The van der Waals surface area contributed by atoms with Crippen LogP contribution in [0.15, 0.2) is 24.4 Å². The molecule has 0 bridgehead atoms. The van der Waals surface area contributed by atoms with Crippen molar-refractivity contribution in [3.05, 3.63) is 35.0 Å². The second kappa shape index (κ2) is 6.08. The van der Waals surface area contributed by atoms with E-state index in [1.54, 1.807) is 0 Å². The van der Waals surface area contributed by atoms with Crippen molar-refractivity contribution in [2.24, 2.45) is 0 Å². The Morgan fingerprint density at radius 1 is 1.24 bits per heavy atom. The number of nitrogens with one attached hydrogen (secondary N) is 1. The Labute approximate surface area is 128 Å². The van der Waals surface area contributed by atoms with Gasteiger partial charge in [-0.05, 0) is 44.1 Å². The molecule has 0 amide bonds. The van der Waals surface area contributed by atoms with Crippen LogP contribution in [0.1, 0.15) is 37.3 Å². The van der Waals surface area contributed by atoms with Crippen molar-refractivity contribution >= 4 is 28.5 Å². The summed E-state index contributed by atoms with van der Waals surface area (Å²) in [6.07, 6.45) is 6.30. The molecule has 1 unspecified atom stereocenters. The Morgan fingerprint density at radius 3 is 2.62 bits per heavy atom. The van der Waals surface area contributed by atoms with Crippen LogP contribution in [0, 0.1) is 0 Å². The summed E-state index contributed by atoms with van der Waals surface area (Å²) in [5, 5.41) is 11.3. The average Bonchev–Trinajstić information content (AvgIpc) is 2.68. The molecule has 1 aromatic heterocycles. The molecule has 2 heterocycles. The van der Waals surface area contributed by atoms with Crippen molar-refractivity contribution in [1.82, 2.24) is 9.88 Å². The number of carboxylic acid groups (broad SMARTS) is 1. The van der Waals surface area contributed by atoms with E-state index in [4.69, 9.17) is 11.6 Å². The van der Waals surface area contributed by atoms with Crippen molar-refractivity contribution in [2.75, 3.05) is 13.1 Å². The van der Waals surface area contributed by atoms with E-state index in [1.165, 1.54) is 12.8 Å². The Balaban J connectivity index is 2.02. The molecular formula is C16H19ClN2O2. The number of fused-ring (bicyclic) bond motifs is 1. The monoisotopic (exact) mass is 306 g/mol. The van der Waals surface area contributed by atoms with Crippen LogP contribution in [0.2, 0.25) is 5.02 Å². The van der Waals surface area contributed by atoms with Gasteiger partial charge in [0.25, 0.3) is 0 Å². The Kier molecular flexibility index (Phi) is 4.17. The molecule has 1 fully saturated rings. The summed E-state index contributed by atoms with van der Waals surface area (Å²) in [6, 6.07) is 4.94. The fraction of sp³-hybridized carbons (Fsp3) is 0.438. The number of carboxylic acids is 1. The minimum atomic E-state index is -0.794. The number of aromatic amines is 1. The molecule has 0 spiro atoms. The first kappa shape index (κ1) is 14.4. The summed E-state index contributed by atoms with van der Waals surface area (Å²) >= 11 is 6.07. The molecule has 3 rings (SSSR count). The van der Waals surface area contributed by atoms with Crippen LogP contribution in [0.3, 0.4) is 0 Å². The number of hydrogen-bond donors (Lipinski definition) is 2. The van der Waals surface area contributed by atoms with Gasteiger partial charge in [-0.2, -0.15) is 0 Å². The zero-order valence-corrected chi connectivity index (χ0v) is 12.6. The lowest BCUT2D eigenvalue weighted by Gasteiger charge is -2.27. The van der Waals surface area contributed by atoms with Crippen LogP contribution >= 0.6 is 11.6 Å². The molecule has 1 aliphatic heterocycles.